The van der Waals surface area contributed by atoms with Crippen molar-refractivity contribution in [1.29, 1.82) is 0 Å². The van der Waals surface area contributed by atoms with Crippen molar-refractivity contribution in [1.82, 2.24) is 15.5 Å². The van der Waals surface area contributed by atoms with Crippen LogP contribution in [-0.4, -0.2) is 16.1 Å². The lowest BCUT2D eigenvalue weighted by molar-refractivity contribution is 0.0917. The Bertz CT molecular complexity index is 851. The van der Waals surface area contributed by atoms with Crippen molar-refractivity contribution in [2.75, 3.05) is 0 Å². The largest absolute Gasteiger partial charge is 0.412 e. The summed E-state index contributed by atoms with van der Waals surface area (Å²) >= 11 is 6.01. The van der Waals surface area contributed by atoms with Crippen molar-refractivity contribution in [2.45, 2.75) is 6.54 Å². The molecule has 0 radical (unpaired) electrons. The lowest BCUT2D eigenvalue weighted by Crippen LogP contribution is -2.23. The van der Waals surface area contributed by atoms with Gasteiger partial charge in [0.25, 0.3) is 5.89 Å². The second-order valence-electron chi connectivity index (χ2n) is 4.67. The van der Waals surface area contributed by atoms with E-state index in [1.54, 1.807) is 30.3 Å². The molecule has 0 saturated heterocycles. The SMILES string of the molecule is O=C(NCc1ccccc1Cl)c1nnc(-c2ccccc2F)o1. The van der Waals surface area contributed by atoms with Crippen LogP contribution < -0.4 is 5.32 Å². The van der Waals surface area contributed by atoms with E-state index in [4.69, 9.17) is 16.0 Å². The monoisotopic (exact) mass is 331 g/mol. The van der Waals surface area contributed by atoms with Crippen molar-refractivity contribution >= 4 is 17.5 Å². The number of rotatable bonds is 4. The van der Waals surface area contributed by atoms with Gasteiger partial charge in [-0.1, -0.05) is 41.9 Å². The van der Waals surface area contributed by atoms with Gasteiger partial charge < -0.3 is 9.73 Å². The first-order valence-electron chi connectivity index (χ1n) is 6.75. The molecular weight excluding hydrogens is 321 g/mol. The molecule has 0 atom stereocenters. The van der Waals surface area contributed by atoms with Gasteiger partial charge in [-0.05, 0) is 23.8 Å². The second-order valence-corrected chi connectivity index (χ2v) is 5.07. The number of halogens is 2. The van der Waals surface area contributed by atoms with Crippen LogP contribution in [0.4, 0.5) is 4.39 Å². The van der Waals surface area contributed by atoms with Gasteiger partial charge in [-0.25, -0.2) is 4.39 Å². The summed E-state index contributed by atoms with van der Waals surface area (Å²) in [4.78, 5) is 12.0. The highest BCUT2D eigenvalue weighted by atomic mass is 35.5. The Hall–Kier alpha value is -2.73. The predicted octanol–water partition coefficient (Wildman–Crippen LogP) is 3.46. The molecule has 5 nitrogen and oxygen atoms in total. The van der Waals surface area contributed by atoms with Gasteiger partial charge in [0, 0.05) is 11.6 Å². The van der Waals surface area contributed by atoms with Crippen molar-refractivity contribution in [2.24, 2.45) is 0 Å². The maximum Gasteiger partial charge on any atom is 0.309 e. The molecule has 116 valence electrons. The predicted molar refractivity (Wildman–Crippen MR) is 82.3 cm³/mol. The third kappa shape index (κ3) is 3.37. The van der Waals surface area contributed by atoms with Gasteiger partial charge in [-0.15, -0.1) is 10.2 Å². The minimum absolute atomic E-state index is 0.0500. The summed E-state index contributed by atoms with van der Waals surface area (Å²) in [6.07, 6.45) is 0. The molecule has 7 heteroatoms. The lowest BCUT2D eigenvalue weighted by atomic mass is 10.2. The molecule has 0 fully saturated rings. The number of nitrogens with one attached hydrogen (secondary N) is 1. The highest BCUT2D eigenvalue weighted by molar-refractivity contribution is 6.31. The molecule has 0 saturated carbocycles. The number of benzene rings is 2. The molecule has 1 amide bonds. The van der Waals surface area contributed by atoms with Gasteiger partial charge in [0.2, 0.25) is 0 Å². The van der Waals surface area contributed by atoms with Crippen molar-refractivity contribution < 1.29 is 13.6 Å². The molecule has 23 heavy (non-hydrogen) atoms. The van der Waals surface area contributed by atoms with Crippen LogP contribution in [-0.2, 0) is 6.54 Å². The molecule has 0 aliphatic carbocycles. The number of nitrogens with zero attached hydrogens (tertiary/aromatic N) is 2. The summed E-state index contributed by atoms with van der Waals surface area (Å²) in [6, 6.07) is 13.1. The summed E-state index contributed by atoms with van der Waals surface area (Å²) in [5.41, 5.74) is 0.904. The van der Waals surface area contributed by atoms with E-state index in [0.29, 0.717) is 5.02 Å². The molecule has 3 aromatic rings. The maximum absolute atomic E-state index is 13.7. The zero-order chi connectivity index (χ0) is 16.2. The zero-order valence-corrected chi connectivity index (χ0v) is 12.5. The highest BCUT2D eigenvalue weighted by Gasteiger charge is 2.17. The number of carbonyl (C=O) groups excluding carboxylic acids is 1. The molecule has 3 rings (SSSR count). The number of hydrogen-bond donors (Lipinski definition) is 1. The molecular formula is C16H11ClFN3O2. The lowest BCUT2D eigenvalue weighted by Gasteiger charge is -2.04. The minimum Gasteiger partial charge on any atom is -0.412 e. The number of aromatic nitrogens is 2. The Morgan fingerprint density at radius 3 is 2.65 bits per heavy atom. The van der Waals surface area contributed by atoms with Crippen LogP contribution in [0.15, 0.2) is 52.9 Å². The highest BCUT2D eigenvalue weighted by Crippen LogP contribution is 2.21. The summed E-state index contributed by atoms with van der Waals surface area (Å²) in [5, 5.41) is 10.5. The fourth-order valence-corrected chi connectivity index (χ4v) is 2.15. The zero-order valence-electron chi connectivity index (χ0n) is 11.8. The Labute approximate surface area is 136 Å². The van der Waals surface area contributed by atoms with Crippen molar-refractivity contribution in [3.8, 4) is 11.5 Å². The van der Waals surface area contributed by atoms with E-state index >= 15 is 0 Å². The van der Waals surface area contributed by atoms with E-state index in [1.807, 2.05) is 6.07 Å². The molecule has 0 spiro atoms. The molecule has 1 N–H and O–H groups in total. The average Bonchev–Trinajstić information content (AvgIpc) is 3.04. The smallest absolute Gasteiger partial charge is 0.309 e. The van der Waals surface area contributed by atoms with Crippen molar-refractivity contribution in [3.05, 3.63) is 70.8 Å². The molecule has 0 aliphatic rings. The van der Waals surface area contributed by atoms with Gasteiger partial charge in [-0.2, -0.15) is 0 Å². The van der Waals surface area contributed by atoms with Gasteiger partial charge >= 0.3 is 11.8 Å². The third-order valence-electron chi connectivity index (χ3n) is 3.12. The van der Waals surface area contributed by atoms with E-state index in [0.717, 1.165) is 5.56 Å². The Morgan fingerprint density at radius 2 is 1.87 bits per heavy atom. The fraction of sp³-hybridized carbons (Fsp3) is 0.0625. The molecule has 0 bridgehead atoms. The van der Waals surface area contributed by atoms with Gasteiger partial charge in [0.1, 0.15) is 5.82 Å². The Morgan fingerprint density at radius 1 is 1.13 bits per heavy atom. The molecule has 0 unspecified atom stereocenters. The van der Waals surface area contributed by atoms with Gasteiger partial charge in [0.05, 0.1) is 5.56 Å². The van der Waals surface area contributed by atoms with Crippen LogP contribution >= 0.6 is 11.6 Å². The maximum atomic E-state index is 13.7. The van der Waals surface area contributed by atoms with Gasteiger partial charge in [-0.3, -0.25) is 4.79 Å². The van der Waals surface area contributed by atoms with Crippen LogP contribution in [0, 0.1) is 5.82 Å². The summed E-state index contributed by atoms with van der Waals surface area (Å²) in [5.74, 6) is -1.35. The molecule has 0 aliphatic heterocycles. The van der Waals surface area contributed by atoms with Crippen molar-refractivity contribution in [3.63, 3.8) is 0 Å². The summed E-state index contributed by atoms with van der Waals surface area (Å²) in [7, 11) is 0. The Balaban J connectivity index is 1.72. The first-order valence-corrected chi connectivity index (χ1v) is 7.13. The summed E-state index contributed by atoms with van der Waals surface area (Å²) < 4.78 is 18.9. The first-order chi connectivity index (χ1) is 11.1. The molecule has 1 heterocycles. The fourth-order valence-electron chi connectivity index (χ4n) is 1.95. The van der Waals surface area contributed by atoms with Crippen LogP contribution in [0.5, 0.6) is 0 Å². The first kappa shape index (κ1) is 15.2. The van der Waals surface area contributed by atoms with E-state index in [-0.39, 0.29) is 23.9 Å². The molecule has 1 aromatic heterocycles. The Kier molecular flexibility index (Phi) is 4.34. The topological polar surface area (TPSA) is 68.0 Å². The minimum atomic E-state index is -0.556. The number of carbonyl (C=O) groups is 1. The van der Waals surface area contributed by atoms with E-state index < -0.39 is 11.7 Å². The van der Waals surface area contributed by atoms with E-state index in [2.05, 4.69) is 15.5 Å². The number of amides is 1. The molecule has 2 aromatic carbocycles. The standard InChI is InChI=1S/C16H11ClFN3O2/c17-12-7-3-1-5-10(12)9-19-14(22)16-21-20-15(23-16)11-6-2-4-8-13(11)18/h1-8H,9H2,(H,19,22). The summed E-state index contributed by atoms with van der Waals surface area (Å²) in [6.45, 7) is 0.218. The third-order valence-corrected chi connectivity index (χ3v) is 3.49. The van der Waals surface area contributed by atoms with E-state index in [1.165, 1.54) is 12.1 Å². The van der Waals surface area contributed by atoms with Crippen LogP contribution in [0.25, 0.3) is 11.5 Å². The van der Waals surface area contributed by atoms with Crippen LogP contribution in [0.2, 0.25) is 5.02 Å². The van der Waals surface area contributed by atoms with Gasteiger partial charge in [0.15, 0.2) is 0 Å². The number of hydrogen-bond acceptors (Lipinski definition) is 4. The van der Waals surface area contributed by atoms with Crippen LogP contribution in [0.3, 0.4) is 0 Å². The van der Waals surface area contributed by atoms with Crippen LogP contribution in [0.1, 0.15) is 16.2 Å². The van der Waals surface area contributed by atoms with E-state index in [9.17, 15) is 9.18 Å². The second kappa shape index (κ2) is 6.58. The normalized spacial score (nSPS) is 10.5. The quantitative estimate of drug-likeness (QED) is 0.795. The average molecular weight is 332 g/mol.